The number of anilines is 2. The average Bonchev–Trinajstić information content (AvgIpc) is 2.28. The van der Waals surface area contributed by atoms with Gasteiger partial charge in [0.1, 0.15) is 16.5 Å². The number of nitro benzene ring substituents is 1. The minimum absolute atomic E-state index is 0.0291. The molecule has 0 fully saturated rings. The Morgan fingerprint density at radius 2 is 1.94 bits per heavy atom. The molecule has 4 nitrogen and oxygen atoms in total. The SMILES string of the molecule is O=[N+]([O-])c1c(Cl)cccc1Nc1cccc(F)c1. The molecule has 2 rings (SSSR count). The van der Waals surface area contributed by atoms with E-state index in [0.29, 0.717) is 5.69 Å². The van der Waals surface area contributed by atoms with Gasteiger partial charge in [0.15, 0.2) is 0 Å². The summed E-state index contributed by atoms with van der Waals surface area (Å²) in [6.07, 6.45) is 0. The van der Waals surface area contributed by atoms with Crippen LogP contribution in [0.1, 0.15) is 0 Å². The van der Waals surface area contributed by atoms with E-state index < -0.39 is 10.7 Å². The topological polar surface area (TPSA) is 55.2 Å². The zero-order valence-corrected chi connectivity index (χ0v) is 9.82. The van der Waals surface area contributed by atoms with Crippen LogP contribution in [0.25, 0.3) is 0 Å². The molecule has 0 amide bonds. The number of hydrogen-bond acceptors (Lipinski definition) is 3. The monoisotopic (exact) mass is 266 g/mol. The van der Waals surface area contributed by atoms with Crippen molar-refractivity contribution in [3.63, 3.8) is 0 Å². The molecule has 0 saturated heterocycles. The molecule has 0 saturated carbocycles. The highest BCUT2D eigenvalue weighted by Crippen LogP contribution is 2.34. The van der Waals surface area contributed by atoms with E-state index in [1.807, 2.05) is 0 Å². The van der Waals surface area contributed by atoms with Crippen LogP contribution in [0.15, 0.2) is 42.5 Å². The molecule has 0 spiro atoms. The van der Waals surface area contributed by atoms with Crippen molar-refractivity contribution in [1.82, 2.24) is 0 Å². The molecule has 18 heavy (non-hydrogen) atoms. The molecular weight excluding hydrogens is 259 g/mol. The molecule has 0 bridgehead atoms. The Labute approximate surface area is 107 Å². The minimum atomic E-state index is -0.579. The summed E-state index contributed by atoms with van der Waals surface area (Å²) in [6, 6.07) is 10.2. The molecule has 92 valence electrons. The second kappa shape index (κ2) is 5.01. The van der Waals surface area contributed by atoms with E-state index >= 15 is 0 Å². The third-order valence-corrected chi connectivity index (χ3v) is 2.58. The van der Waals surface area contributed by atoms with Crippen molar-refractivity contribution in [2.45, 2.75) is 0 Å². The predicted octanol–water partition coefficient (Wildman–Crippen LogP) is 4.13. The van der Waals surface area contributed by atoms with E-state index in [2.05, 4.69) is 5.32 Å². The van der Waals surface area contributed by atoms with Crippen LogP contribution in [0.2, 0.25) is 5.02 Å². The molecular formula is C12H8ClFN2O2. The fourth-order valence-electron chi connectivity index (χ4n) is 1.52. The highest BCUT2D eigenvalue weighted by atomic mass is 35.5. The summed E-state index contributed by atoms with van der Waals surface area (Å²) >= 11 is 5.77. The number of para-hydroxylation sites is 1. The lowest BCUT2D eigenvalue weighted by Gasteiger charge is -2.07. The fraction of sp³-hybridized carbons (Fsp3) is 0. The summed E-state index contributed by atoms with van der Waals surface area (Å²) in [4.78, 5) is 10.3. The molecule has 0 aliphatic carbocycles. The third-order valence-electron chi connectivity index (χ3n) is 2.27. The summed E-state index contributed by atoms with van der Waals surface area (Å²) in [7, 11) is 0. The highest BCUT2D eigenvalue weighted by molar-refractivity contribution is 6.33. The Hall–Kier alpha value is -2.14. The number of benzene rings is 2. The normalized spacial score (nSPS) is 10.1. The van der Waals surface area contributed by atoms with Crippen LogP contribution in [-0.4, -0.2) is 4.92 Å². The Kier molecular flexibility index (Phi) is 3.43. The number of rotatable bonds is 3. The maximum absolute atomic E-state index is 13.0. The minimum Gasteiger partial charge on any atom is -0.350 e. The quantitative estimate of drug-likeness (QED) is 0.671. The van der Waals surface area contributed by atoms with Gasteiger partial charge in [0.05, 0.1) is 4.92 Å². The van der Waals surface area contributed by atoms with E-state index in [9.17, 15) is 14.5 Å². The van der Waals surface area contributed by atoms with Gasteiger partial charge < -0.3 is 5.32 Å². The van der Waals surface area contributed by atoms with Crippen LogP contribution in [0, 0.1) is 15.9 Å². The highest BCUT2D eigenvalue weighted by Gasteiger charge is 2.18. The van der Waals surface area contributed by atoms with Crippen LogP contribution in [-0.2, 0) is 0 Å². The van der Waals surface area contributed by atoms with Crippen molar-refractivity contribution in [2.24, 2.45) is 0 Å². The number of hydrogen-bond donors (Lipinski definition) is 1. The molecule has 0 aliphatic heterocycles. The van der Waals surface area contributed by atoms with Crippen molar-refractivity contribution in [2.75, 3.05) is 5.32 Å². The average molecular weight is 267 g/mol. The number of nitro groups is 1. The van der Waals surface area contributed by atoms with E-state index in [1.54, 1.807) is 12.1 Å². The lowest BCUT2D eigenvalue weighted by atomic mass is 10.2. The Morgan fingerprint density at radius 3 is 2.61 bits per heavy atom. The Balaban J connectivity index is 2.40. The van der Waals surface area contributed by atoms with Crippen LogP contribution in [0.3, 0.4) is 0 Å². The lowest BCUT2D eigenvalue weighted by molar-refractivity contribution is -0.383. The molecule has 1 N–H and O–H groups in total. The molecule has 2 aromatic carbocycles. The molecule has 0 heterocycles. The standard InChI is InChI=1S/C12H8ClFN2O2/c13-10-5-2-6-11(12(10)16(17)18)15-9-4-1-3-8(14)7-9/h1-7,15H. The van der Waals surface area contributed by atoms with Gasteiger partial charge in [0, 0.05) is 5.69 Å². The van der Waals surface area contributed by atoms with E-state index in [1.165, 1.54) is 30.3 Å². The largest absolute Gasteiger partial charge is 0.350 e. The number of nitrogens with zero attached hydrogens (tertiary/aromatic N) is 1. The Morgan fingerprint density at radius 1 is 1.22 bits per heavy atom. The van der Waals surface area contributed by atoms with Gasteiger partial charge in [-0.15, -0.1) is 0 Å². The zero-order chi connectivity index (χ0) is 13.1. The maximum atomic E-state index is 13.0. The zero-order valence-electron chi connectivity index (χ0n) is 9.06. The lowest BCUT2D eigenvalue weighted by Crippen LogP contribution is -1.97. The smallest absolute Gasteiger partial charge is 0.311 e. The first-order valence-electron chi connectivity index (χ1n) is 5.03. The fourth-order valence-corrected chi connectivity index (χ4v) is 1.77. The van der Waals surface area contributed by atoms with Gasteiger partial charge in [-0.25, -0.2) is 4.39 Å². The van der Waals surface area contributed by atoms with Crippen molar-refractivity contribution in [3.05, 3.63) is 63.4 Å². The molecule has 0 unspecified atom stereocenters. The maximum Gasteiger partial charge on any atom is 0.311 e. The van der Waals surface area contributed by atoms with Gasteiger partial charge in [-0.05, 0) is 30.3 Å². The number of nitrogens with one attached hydrogen (secondary N) is 1. The van der Waals surface area contributed by atoms with Gasteiger partial charge >= 0.3 is 5.69 Å². The summed E-state index contributed by atoms with van der Waals surface area (Å²) in [6.45, 7) is 0. The molecule has 6 heteroatoms. The van der Waals surface area contributed by atoms with Crippen LogP contribution in [0.5, 0.6) is 0 Å². The Bertz CT molecular complexity index is 604. The van der Waals surface area contributed by atoms with Crippen molar-refractivity contribution < 1.29 is 9.31 Å². The second-order valence-electron chi connectivity index (χ2n) is 3.53. The molecule has 2 aromatic rings. The van der Waals surface area contributed by atoms with Gasteiger partial charge in [0.2, 0.25) is 0 Å². The van der Waals surface area contributed by atoms with Crippen molar-refractivity contribution >= 4 is 28.7 Å². The molecule has 0 radical (unpaired) electrons. The summed E-state index contributed by atoms with van der Waals surface area (Å²) in [5, 5.41) is 13.7. The van der Waals surface area contributed by atoms with Crippen LogP contribution in [0.4, 0.5) is 21.5 Å². The van der Waals surface area contributed by atoms with E-state index in [0.717, 1.165) is 0 Å². The van der Waals surface area contributed by atoms with Gasteiger partial charge in [-0.3, -0.25) is 10.1 Å². The third kappa shape index (κ3) is 2.57. The summed E-state index contributed by atoms with van der Waals surface area (Å²) < 4.78 is 13.0. The first kappa shape index (κ1) is 12.3. The van der Waals surface area contributed by atoms with Crippen LogP contribution < -0.4 is 5.32 Å². The second-order valence-corrected chi connectivity index (χ2v) is 3.94. The van der Waals surface area contributed by atoms with Crippen molar-refractivity contribution in [1.29, 1.82) is 0 Å². The van der Waals surface area contributed by atoms with Gasteiger partial charge in [-0.1, -0.05) is 23.7 Å². The van der Waals surface area contributed by atoms with E-state index in [-0.39, 0.29) is 16.4 Å². The van der Waals surface area contributed by atoms with E-state index in [4.69, 9.17) is 11.6 Å². The molecule has 0 aliphatic rings. The first-order chi connectivity index (χ1) is 8.58. The molecule has 0 aromatic heterocycles. The molecule has 0 atom stereocenters. The number of halogens is 2. The summed E-state index contributed by atoms with van der Waals surface area (Å²) in [5.41, 5.74) is 0.405. The summed E-state index contributed by atoms with van der Waals surface area (Å²) in [5.74, 6) is -0.426. The van der Waals surface area contributed by atoms with Gasteiger partial charge in [-0.2, -0.15) is 0 Å². The predicted molar refractivity (Wildman–Crippen MR) is 67.8 cm³/mol. The first-order valence-corrected chi connectivity index (χ1v) is 5.41. The van der Waals surface area contributed by atoms with Crippen LogP contribution >= 0.6 is 11.6 Å². The van der Waals surface area contributed by atoms with Crippen molar-refractivity contribution in [3.8, 4) is 0 Å². The van der Waals surface area contributed by atoms with Gasteiger partial charge in [0.25, 0.3) is 0 Å².